The molecule has 2 aliphatic heterocycles. The lowest BCUT2D eigenvalue weighted by Crippen LogP contribution is -2.38. The zero-order chi connectivity index (χ0) is 9.42. The van der Waals surface area contributed by atoms with E-state index in [0.29, 0.717) is 5.66 Å². The van der Waals surface area contributed by atoms with Crippen LogP contribution < -0.4 is 5.73 Å². The van der Waals surface area contributed by atoms with Crippen molar-refractivity contribution >= 4 is 14.4 Å². The predicted molar refractivity (Wildman–Crippen MR) is 53.3 cm³/mol. The highest BCUT2D eigenvalue weighted by Crippen LogP contribution is 2.52. The second-order valence-electron chi connectivity index (χ2n) is 3.99. The maximum atomic E-state index is 10.9. The molecule has 5 atom stereocenters. The second-order valence-corrected chi connectivity index (χ2v) is 5.88. The first kappa shape index (κ1) is 9.57. The lowest BCUT2D eigenvalue weighted by molar-refractivity contribution is -0.132. The van der Waals surface area contributed by atoms with Gasteiger partial charge in [0.2, 0.25) is 0 Å². The van der Waals surface area contributed by atoms with Gasteiger partial charge >= 0.3 is 0 Å². The molecule has 2 saturated heterocycles. The molecule has 2 bridgehead atoms. The van der Waals surface area contributed by atoms with Crippen molar-refractivity contribution in [3.63, 3.8) is 0 Å². The molecule has 13 heavy (non-hydrogen) atoms. The quantitative estimate of drug-likeness (QED) is 0.544. The maximum absolute atomic E-state index is 10.9. The third-order valence-corrected chi connectivity index (χ3v) is 5.05. The minimum Gasteiger partial charge on any atom is -0.352 e. The van der Waals surface area contributed by atoms with Crippen LogP contribution in [0.2, 0.25) is 0 Å². The fourth-order valence-electron chi connectivity index (χ4n) is 2.21. The Morgan fingerprint density at radius 1 is 1.62 bits per heavy atom. The van der Waals surface area contributed by atoms with Gasteiger partial charge in [-0.2, -0.15) is 0 Å². The number of carbonyl (C=O) groups is 1. The number of Topliss-reactive ketones (excluding diaryl/α,β-unsaturated/α-hetero) is 1. The fourth-order valence-corrected chi connectivity index (χ4v) is 4.28. The van der Waals surface area contributed by atoms with E-state index >= 15 is 0 Å². The van der Waals surface area contributed by atoms with E-state index < -0.39 is 6.23 Å². The van der Waals surface area contributed by atoms with Crippen LogP contribution in [0.1, 0.15) is 26.2 Å². The molecule has 0 aliphatic carbocycles. The summed E-state index contributed by atoms with van der Waals surface area (Å²) in [5.41, 5.74) is 7.13. The summed E-state index contributed by atoms with van der Waals surface area (Å²) in [4.78, 5) is 10.9. The van der Waals surface area contributed by atoms with Crippen LogP contribution in [0.5, 0.6) is 0 Å². The van der Waals surface area contributed by atoms with Crippen LogP contribution in [-0.4, -0.2) is 29.4 Å². The Kier molecular flexibility index (Phi) is 2.68. The Bertz CT molecular complexity index is 222. The van der Waals surface area contributed by atoms with Crippen LogP contribution in [0.15, 0.2) is 0 Å². The van der Waals surface area contributed by atoms with Crippen molar-refractivity contribution in [3.8, 4) is 0 Å². The molecule has 0 spiro atoms. The molecule has 0 aromatic rings. The average molecular weight is 201 g/mol. The highest BCUT2D eigenvalue weighted by molar-refractivity contribution is 7.40. The van der Waals surface area contributed by atoms with Gasteiger partial charge in [-0.25, -0.2) is 0 Å². The molecule has 5 unspecified atom stereocenters. The summed E-state index contributed by atoms with van der Waals surface area (Å²) in [7, 11) is 1.05. The van der Waals surface area contributed by atoms with E-state index in [0.717, 1.165) is 20.7 Å². The molecule has 2 aliphatic rings. The lowest BCUT2D eigenvalue weighted by Gasteiger charge is -2.23. The van der Waals surface area contributed by atoms with Gasteiger partial charge in [0, 0.05) is 5.66 Å². The number of nitrogens with two attached hydrogens (primary N) is 1. The van der Waals surface area contributed by atoms with Crippen LogP contribution in [0.4, 0.5) is 0 Å². The summed E-state index contributed by atoms with van der Waals surface area (Å²) in [5.74, 6) is -0.0638. The molecule has 0 amide bonds. The maximum Gasteiger partial charge on any atom is 0.173 e. The van der Waals surface area contributed by atoms with Crippen molar-refractivity contribution in [2.24, 2.45) is 5.73 Å². The zero-order valence-electron chi connectivity index (χ0n) is 7.82. The highest BCUT2D eigenvalue weighted by atomic mass is 31.1. The summed E-state index contributed by atoms with van der Waals surface area (Å²) < 4.78 is 5.54. The molecule has 4 heteroatoms. The van der Waals surface area contributed by atoms with Crippen LogP contribution in [-0.2, 0) is 9.53 Å². The number of ketones is 1. The number of ether oxygens (including phenoxy) is 1. The normalized spacial score (nSPS) is 41.2. The Balaban J connectivity index is 1.86. The average Bonchev–Trinajstić information content (AvgIpc) is 2.64. The molecule has 2 N–H and O–H groups in total. The number of fused-ring (bicyclic) bond motifs is 2. The molecule has 2 heterocycles. The largest absolute Gasteiger partial charge is 0.352 e. The molecule has 0 aromatic heterocycles. The van der Waals surface area contributed by atoms with E-state index in [-0.39, 0.29) is 11.9 Å². The minimum absolute atomic E-state index is 0.0638. The number of hydrogen-bond donors (Lipinski definition) is 1. The van der Waals surface area contributed by atoms with Gasteiger partial charge in [-0.1, -0.05) is 0 Å². The first-order valence-corrected chi connectivity index (χ1v) is 6.00. The summed E-state index contributed by atoms with van der Waals surface area (Å²) in [6.45, 7) is 1.49. The molecule has 2 fully saturated rings. The minimum atomic E-state index is -0.686. The van der Waals surface area contributed by atoms with Gasteiger partial charge in [0.05, 0.1) is 6.10 Å². The molecule has 74 valence electrons. The van der Waals surface area contributed by atoms with E-state index in [1.807, 2.05) is 0 Å². The molecule has 3 nitrogen and oxygen atoms in total. The summed E-state index contributed by atoms with van der Waals surface area (Å²) >= 11 is 0. The van der Waals surface area contributed by atoms with E-state index in [2.05, 4.69) is 0 Å². The Morgan fingerprint density at radius 2 is 2.38 bits per heavy atom. The molecule has 0 saturated carbocycles. The van der Waals surface area contributed by atoms with Crippen molar-refractivity contribution in [1.29, 1.82) is 0 Å². The molecular formula is C9H16NO2P. The zero-order valence-corrected chi connectivity index (χ0v) is 8.82. The van der Waals surface area contributed by atoms with Gasteiger partial charge in [0.25, 0.3) is 0 Å². The monoisotopic (exact) mass is 201 g/mol. The Hall–Kier alpha value is 0.0200. The van der Waals surface area contributed by atoms with E-state index in [1.165, 1.54) is 19.8 Å². The first-order valence-electron chi connectivity index (χ1n) is 4.84. The first-order chi connectivity index (χ1) is 6.16. The summed E-state index contributed by atoms with van der Waals surface area (Å²) in [6, 6.07) is 0. The van der Waals surface area contributed by atoms with Crippen LogP contribution in [0.3, 0.4) is 0 Å². The van der Waals surface area contributed by atoms with Crippen LogP contribution in [0.25, 0.3) is 0 Å². The molecular weight excluding hydrogens is 185 g/mol. The fraction of sp³-hybridized carbons (Fsp3) is 0.889. The third-order valence-electron chi connectivity index (χ3n) is 2.96. The van der Waals surface area contributed by atoms with Gasteiger partial charge in [-0.3, -0.25) is 10.5 Å². The van der Waals surface area contributed by atoms with E-state index in [1.54, 1.807) is 0 Å². The van der Waals surface area contributed by atoms with Gasteiger partial charge in [0.1, 0.15) is 0 Å². The Labute approximate surface area is 80.2 Å². The molecule has 2 rings (SSSR count). The van der Waals surface area contributed by atoms with Crippen LogP contribution in [0, 0.1) is 0 Å². The number of carbonyl (C=O) groups excluding carboxylic acids is 1. The molecule has 0 aromatic carbocycles. The van der Waals surface area contributed by atoms with Crippen molar-refractivity contribution in [3.05, 3.63) is 0 Å². The Morgan fingerprint density at radius 3 is 2.85 bits per heavy atom. The van der Waals surface area contributed by atoms with Gasteiger partial charge in [-0.15, -0.1) is 8.58 Å². The smallest absolute Gasteiger partial charge is 0.173 e. The van der Waals surface area contributed by atoms with Gasteiger partial charge in [-0.05, 0) is 31.8 Å². The van der Waals surface area contributed by atoms with Crippen molar-refractivity contribution in [2.45, 2.75) is 49.8 Å². The number of rotatable bonds is 3. The topological polar surface area (TPSA) is 52.3 Å². The predicted octanol–water partition coefficient (Wildman–Crippen LogP) is 0.859. The SMILES string of the molecule is CC(=O)C(N)OC1CC2CCC1P2. The van der Waals surface area contributed by atoms with Gasteiger partial charge < -0.3 is 4.74 Å². The third kappa shape index (κ3) is 1.93. The summed E-state index contributed by atoms with van der Waals surface area (Å²) in [5, 5.41) is 0. The van der Waals surface area contributed by atoms with Crippen LogP contribution >= 0.6 is 8.58 Å². The summed E-state index contributed by atoms with van der Waals surface area (Å²) in [6.07, 6.45) is 3.35. The van der Waals surface area contributed by atoms with Crippen molar-refractivity contribution in [1.82, 2.24) is 0 Å². The standard InChI is InChI=1S/C9H16NO2P/c1-5(11)9(10)12-7-4-6-2-3-8(7)13-6/h6-9,13H,2-4,10H2,1H3. The van der Waals surface area contributed by atoms with E-state index in [4.69, 9.17) is 10.5 Å². The number of hydrogen-bond acceptors (Lipinski definition) is 3. The lowest BCUT2D eigenvalue weighted by atomic mass is 9.98. The highest BCUT2D eigenvalue weighted by Gasteiger charge is 2.41. The van der Waals surface area contributed by atoms with Gasteiger partial charge in [0.15, 0.2) is 12.0 Å². The second kappa shape index (κ2) is 3.64. The van der Waals surface area contributed by atoms with Crippen molar-refractivity contribution in [2.75, 3.05) is 0 Å². The van der Waals surface area contributed by atoms with E-state index in [9.17, 15) is 4.79 Å². The molecule has 0 radical (unpaired) electrons. The van der Waals surface area contributed by atoms with Crippen molar-refractivity contribution < 1.29 is 9.53 Å².